The van der Waals surface area contributed by atoms with Crippen molar-refractivity contribution in [3.05, 3.63) is 29.8 Å². The molecule has 1 fully saturated rings. The van der Waals surface area contributed by atoms with E-state index in [-0.39, 0.29) is 42.0 Å². The number of esters is 1. The van der Waals surface area contributed by atoms with Gasteiger partial charge in [-0.1, -0.05) is 0 Å². The van der Waals surface area contributed by atoms with Crippen LogP contribution < -0.4 is 4.72 Å². The van der Waals surface area contributed by atoms with Crippen LogP contribution in [0.2, 0.25) is 0 Å². The van der Waals surface area contributed by atoms with E-state index in [4.69, 9.17) is 10.00 Å². The number of carbonyl (C=O) groups excluding carboxylic acids is 3. The highest BCUT2D eigenvalue weighted by atomic mass is 32.2. The van der Waals surface area contributed by atoms with E-state index in [1.807, 2.05) is 6.07 Å². The van der Waals surface area contributed by atoms with Crippen LogP contribution in [-0.4, -0.2) is 55.2 Å². The van der Waals surface area contributed by atoms with Crippen LogP contribution in [0.25, 0.3) is 0 Å². The monoisotopic (exact) mass is 449 g/mol. The fraction of sp³-hybridized carbons (Fsp3) is 0.524. The van der Waals surface area contributed by atoms with Crippen LogP contribution in [0.15, 0.2) is 29.2 Å². The summed E-state index contributed by atoms with van der Waals surface area (Å²) in [6.45, 7) is 6.70. The fourth-order valence-electron chi connectivity index (χ4n) is 4.05. The molecule has 1 aromatic carbocycles. The summed E-state index contributed by atoms with van der Waals surface area (Å²) in [5, 5.41) is 8.49. The number of hydrogen-bond donors (Lipinski definition) is 1. The Morgan fingerprint density at radius 2 is 1.68 bits per heavy atom. The first-order chi connectivity index (χ1) is 14.3. The third-order valence-electron chi connectivity index (χ3n) is 4.98. The van der Waals surface area contributed by atoms with E-state index in [1.54, 1.807) is 32.6 Å². The third kappa shape index (κ3) is 5.89. The average Bonchev–Trinajstić information content (AvgIpc) is 2.64. The Hall–Kier alpha value is -2.77. The lowest BCUT2D eigenvalue weighted by molar-refractivity contribution is -0.156. The van der Waals surface area contributed by atoms with Gasteiger partial charge in [-0.2, -0.15) is 5.26 Å². The Morgan fingerprint density at radius 3 is 2.19 bits per heavy atom. The minimum absolute atomic E-state index is 0.0144. The maximum absolute atomic E-state index is 12.8. The van der Waals surface area contributed by atoms with Gasteiger partial charge in [0.25, 0.3) is 5.91 Å². The van der Waals surface area contributed by atoms with Crippen molar-refractivity contribution in [3.63, 3.8) is 0 Å². The topological polar surface area (TPSA) is 134 Å². The number of nitriles is 1. The number of Topliss-reactive ketones (excluding diaryl/α,β-unsaturated/α-hetero) is 1. The number of likely N-dealkylation sites (tertiary alicyclic amines) is 1. The molecule has 0 saturated carbocycles. The van der Waals surface area contributed by atoms with Crippen molar-refractivity contribution in [2.24, 2.45) is 0 Å². The average molecular weight is 450 g/mol. The molecule has 0 radical (unpaired) electrons. The number of nitrogens with zero attached hydrogens (tertiary/aromatic N) is 2. The minimum Gasteiger partial charge on any atom is -0.452 e. The Bertz CT molecular complexity index is 987. The van der Waals surface area contributed by atoms with Gasteiger partial charge in [-0.3, -0.25) is 9.59 Å². The van der Waals surface area contributed by atoms with E-state index in [1.165, 1.54) is 24.3 Å². The lowest BCUT2D eigenvalue weighted by atomic mass is 9.79. The van der Waals surface area contributed by atoms with Gasteiger partial charge in [-0.15, -0.1) is 0 Å². The van der Waals surface area contributed by atoms with Crippen molar-refractivity contribution < 1.29 is 27.5 Å². The molecule has 0 atom stereocenters. The highest BCUT2D eigenvalue weighted by molar-refractivity contribution is 7.89. The molecule has 1 aliphatic heterocycles. The smallest absolute Gasteiger partial charge is 0.338 e. The SMILES string of the molecule is CC1(C)CC(=O)CC(C)(C)N1C(=O)COC(=O)c1ccc(S(=O)(=O)NCCC#N)cc1. The normalized spacial score (nSPS) is 17.6. The van der Waals surface area contributed by atoms with Gasteiger partial charge < -0.3 is 9.64 Å². The minimum atomic E-state index is -3.79. The number of amides is 1. The zero-order chi connectivity index (χ0) is 23.4. The molecule has 0 unspecified atom stereocenters. The van der Waals surface area contributed by atoms with E-state index in [0.717, 1.165) is 0 Å². The zero-order valence-corrected chi connectivity index (χ0v) is 18.9. The number of ketones is 1. The summed E-state index contributed by atoms with van der Waals surface area (Å²) in [4.78, 5) is 38.7. The molecule has 0 spiro atoms. The summed E-state index contributed by atoms with van der Waals surface area (Å²) in [5.41, 5.74) is -1.30. The second-order valence-electron chi connectivity index (χ2n) is 8.65. The highest BCUT2D eigenvalue weighted by Gasteiger charge is 2.47. The number of sulfonamides is 1. The van der Waals surface area contributed by atoms with Gasteiger partial charge in [0.05, 0.1) is 16.5 Å². The molecule has 0 aliphatic carbocycles. The molecule has 0 bridgehead atoms. The molecule has 168 valence electrons. The number of benzene rings is 1. The van der Waals surface area contributed by atoms with Crippen LogP contribution in [0.3, 0.4) is 0 Å². The summed E-state index contributed by atoms with van der Waals surface area (Å²) in [6.07, 6.45) is 0.499. The second-order valence-corrected chi connectivity index (χ2v) is 10.4. The Balaban J connectivity index is 2.03. The summed E-state index contributed by atoms with van der Waals surface area (Å²) >= 11 is 0. The Labute approximate surface area is 182 Å². The number of carbonyl (C=O) groups is 3. The molecule has 1 N–H and O–H groups in total. The van der Waals surface area contributed by atoms with Crippen LogP contribution in [0.5, 0.6) is 0 Å². The van der Waals surface area contributed by atoms with Gasteiger partial charge in [0.15, 0.2) is 6.61 Å². The molecule has 0 aromatic heterocycles. The zero-order valence-electron chi connectivity index (χ0n) is 18.1. The van der Waals surface area contributed by atoms with Crippen molar-refractivity contribution in [1.29, 1.82) is 5.26 Å². The number of piperidine rings is 1. The lowest BCUT2D eigenvalue weighted by Gasteiger charge is -2.51. The van der Waals surface area contributed by atoms with Gasteiger partial charge in [0.1, 0.15) is 5.78 Å². The van der Waals surface area contributed by atoms with E-state index >= 15 is 0 Å². The molecule has 2 rings (SSSR count). The molecule has 9 nitrogen and oxygen atoms in total. The van der Waals surface area contributed by atoms with E-state index in [0.29, 0.717) is 0 Å². The Morgan fingerprint density at radius 1 is 1.13 bits per heavy atom. The van der Waals surface area contributed by atoms with Crippen LogP contribution in [0.1, 0.15) is 57.3 Å². The number of rotatable bonds is 7. The molecule has 1 aromatic rings. The predicted molar refractivity (Wildman–Crippen MR) is 111 cm³/mol. The summed E-state index contributed by atoms with van der Waals surface area (Å²) in [6, 6.07) is 6.91. The first kappa shape index (κ1) is 24.5. The van der Waals surface area contributed by atoms with Crippen molar-refractivity contribution >= 4 is 27.7 Å². The van der Waals surface area contributed by atoms with Crippen molar-refractivity contribution in [3.8, 4) is 6.07 Å². The number of hydrogen-bond acceptors (Lipinski definition) is 7. The first-order valence-corrected chi connectivity index (χ1v) is 11.3. The maximum Gasteiger partial charge on any atom is 0.338 e. The van der Waals surface area contributed by atoms with Gasteiger partial charge in [-0.25, -0.2) is 17.9 Å². The maximum atomic E-state index is 12.8. The molecule has 1 amide bonds. The molecule has 1 heterocycles. The van der Waals surface area contributed by atoms with E-state index in [9.17, 15) is 22.8 Å². The number of ether oxygens (including phenoxy) is 1. The van der Waals surface area contributed by atoms with Gasteiger partial charge in [-0.05, 0) is 52.0 Å². The lowest BCUT2D eigenvalue weighted by Crippen LogP contribution is -2.63. The molecule has 10 heteroatoms. The van der Waals surface area contributed by atoms with E-state index in [2.05, 4.69) is 4.72 Å². The standard InChI is InChI=1S/C21H27N3O6S/c1-20(2)12-16(25)13-21(3,4)24(20)18(26)14-30-19(27)15-6-8-17(9-7-15)31(28,29)23-11-5-10-22/h6-9,23H,5,11-14H2,1-4H3. The summed E-state index contributed by atoms with van der Waals surface area (Å²) < 4.78 is 31.6. The Kier molecular flexibility index (Phi) is 7.24. The molecule has 1 saturated heterocycles. The van der Waals surface area contributed by atoms with Crippen LogP contribution in [0.4, 0.5) is 0 Å². The quantitative estimate of drug-likeness (QED) is 0.495. The molecular weight excluding hydrogens is 422 g/mol. The van der Waals surface area contributed by atoms with Crippen LogP contribution in [0, 0.1) is 11.3 Å². The molecular formula is C21H27N3O6S. The van der Waals surface area contributed by atoms with Gasteiger partial charge in [0.2, 0.25) is 10.0 Å². The molecule has 1 aliphatic rings. The third-order valence-corrected chi connectivity index (χ3v) is 6.45. The second kappa shape index (κ2) is 9.16. The van der Waals surface area contributed by atoms with Crippen LogP contribution >= 0.6 is 0 Å². The van der Waals surface area contributed by atoms with Crippen molar-refractivity contribution in [2.75, 3.05) is 13.2 Å². The number of nitrogens with one attached hydrogen (secondary N) is 1. The van der Waals surface area contributed by atoms with Gasteiger partial charge in [0, 0.05) is 36.9 Å². The van der Waals surface area contributed by atoms with Gasteiger partial charge >= 0.3 is 5.97 Å². The van der Waals surface area contributed by atoms with Crippen LogP contribution in [-0.2, 0) is 24.3 Å². The van der Waals surface area contributed by atoms with Crippen molar-refractivity contribution in [2.45, 2.75) is 62.9 Å². The van der Waals surface area contributed by atoms with Crippen molar-refractivity contribution in [1.82, 2.24) is 9.62 Å². The molecule has 31 heavy (non-hydrogen) atoms. The summed E-state index contributed by atoms with van der Waals surface area (Å²) in [7, 11) is -3.79. The highest BCUT2D eigenvalue weighted by Crippen LogP contribution is 2.36. The fourth-order valence-corrected chi connectivity index (χ4v) is 5.08. The van der Waals surface area contributed by atoms with E-state index < -0.39 is 39.6 Å². The summed E-state index contributed by atoms with van der Waals surface area (Å²) in [5.74, 6) is -1.09. The predicted octanol–water partition coefficient (Wildman–Crippen LogP) is 1.78. The first-order valence-electron chi connectivity index (χ1n) is 9.79. The largest absolute Gasteiger partial charge is 0.452 e.